The van der Waals surface area contributed by atoms with Crippen LogP contribution in [0.15, 0.2) is 53.4 Å². The summed E-state index contributed by atoms with van der Waals surface area (Å²) in [5.41, 5.74) is 2.74. The van der Waals surface area contributed by atoms with Crippen LogP contribution in [-0.2, 0) is 16.0 Å². The molecule has 124 valence electrons. The number of nitrogens with zero attached hydrogens (tertiary/aromatic N) is 1. The number of carbonyl (C=O) groups excluding carboxylic acids is 2. The first kappa shape index (κ1) is 16.6. The SMILES string of the molecule is CCc1ccc(NC(=O)C2(C)Sc3ccccc3N(C)C2=O)cc1. The third-order valence-electron chi connectivity index (χ3n) is 4.31. The van der Waals surface area contributed by atoms with Gasteiger partial charge in [0.05, 0.1) is 5.69 Å². The van der Waals surface area contributed by atoms with Crippen molar-refractivity contribution in [2.24, 2.45) is 0 Å². The second kappa shape index (κ2) is 6.32. The molecule has 2 aromatic rings. The van der Waals surface area contributed by atoms with Gasteiger partial charge in [0, 0.05) is 17.6 Å². The fourth-order valence-electron chi connectivity index (χ4n) is 2.73. The molecule has 0 spiro atoms. The topological polar surface area (TPSA) is 49.4 Å². The second-order valence-electron chi connectivity index (χ2n) is 5.97. The first-order valence-corrected chi connectivity index (χ1v) is 8.74. The van der Waals surface area contributed by atoms with E-state index in [-0.39, 0.29) is 11.8 Å². The molecule has 1 unspecified atom stereocenters. The van der Waals surface area contributed by atoms with Gasteiger partial charge in [0.25, 0.3) is 5.91 Å². The van der Waals surface area contributed by atoms with Crippen molar-refractivity contribution >= 4 is 35.0 Å². The van der Waals surface area contributed by atoms with Crippen LogP contribution in [0.1, 0.15) is 19.4 Å². The largest absolute Gasteiger partial charge is 0.324 e. The van der Waals surface area contributed by atoms with Gasteiger partial charge >= 0.3 is 0 Å². The number of hydrogen-bond donors (Lipinski definition) is 1. The fraction of sp³-hybridized carbons (Fsp3) is 0.263. The van der Waals surface area contributed by atoms with Gasteiger partial charge in [-0.15, -0.1) is 0 Å². The first-order valence-electron chi connectivity index (χ1n) is 7.92. The molecule has 0 fully saturated rings. The highest BCUT2D eigenvalue weighted by molar-refractivity contribution is 8.02. The average Bonchev–Trinajstić information content (AvgIpc) is 2.60. The minimum absolute atomic E-state index is 0.214. The Morgan fingerprint density at radius 3 is 2.50 bits per heavy atom. The minimum Gasteiger partial charge on any atom is -0.324 e. The van der Waals surface area contributed by atoms with Crippen molar-refractivity contribution in [2.45, 2.75) is 29.9 Å². The van der Waals surface area contributed by atoms with Crippen LogP contribution in [0.4, 0.5) is 11.4 Å². The van der Waals surface area contributed by atoms with Gasteiger partial charge < -0.3 is 10.2 Å². The maximum absolute atomic E-state index is 12.8. The monoisotopic (exact) mass is 340 g/mol. The normalized spacial score (nSPS) is 19.8. The van der Waals surface area contributed by atoms with E-state index in [0.717, 1.165) is 17.0 Å². The van der Waals surface area contributed by atoms with Crippen LogP contribution in [0.3, 0.4) is 0 Å². The zero-order valence-corrected chi connectivity index (χ0v) is 14.8. The van der Waals surface area contributed by atoms with Gasteiger partial charge in [-0.2, -0.15) is 0 Å². The lowest BCUT2D eigenvalue weighted by molar-refractivity contribution is -0.128. The average molecular weight is 340 g/mol. The Balaban J connectivity index is 1.86. The number of aryl methyl sites for hydroxylation is 1. The van der Waals surface area contributed by atoms with Gasteiger partial charge in [0.15, 0.2) is 4.75 Å². The maximum Gasteiger partial charge on any atom is 0.252 e. The maximum atomic E-state index is 12.8. The standard InChI is InChI=1S/C19H20N2O2S/c1-4-13-9-11-14(12-10-13)20-17(22)19(2)18(23)21(3)15-7-5-6-8-16(15)24-19/h5-12H,4H2,1-3H3,(H,20,22). The highest BCUT2D eigenvalue weighted by atomic mass is 32.2. The number of nitrogens with one attached hydrogen (secondary N) is 1. The Morgan fingerprint density at radius 1 is 1.17 bits per heavy atom. The molecule has 4 nitrogen and oxygen atoms in total. The third kappa shape index (κ3) is 2.80. The summed E-state index contributed by atoms with van der Waals surface area (Å²) < 4.78 is -1.19. The molecule has 0 aliphatic carbocycles. The molecule has 2 aromatic carbocycles. The van der Waals surface area contributed by atoms with Crippen molar-refractivity contribution in [3.05, 3.63) is 54.1 Å². The number of benzene rings is 2. The van der Waals surface area contributed by atoms with Crippen LogP contribution < -0.4 is 10.2 Å². The molecule has 2 amide bonds. The van der Waals surface area contributed by atoms with Crippen LogP contribution in [0.25, 0.3) is 0 Å². The number of fused-ring (bicyclic) bond motifs is 1. The van der Waals surface area contributed by atoms with Crippen LogP contribution >= 0.6 is 11.8 Å². The van der Waals surface area contributed by atoms with E-state index in [4.69, 9.17) is 0 Å². The number of thioether (sulfide) groups is 1. The summed E-state index contributed by atoms with van der Waals surface area (Å²) in [7, 11) is 1.71. The van der Waals surface area contributed by atoms with Crippen LogP contribution in [-0.4, -0.2) is 23.6 Å². The van der Waals surface area contributed by atoms with Gasteiger partial charge in [-0.25, -0.2) is 0 Å². The molecule has 0 saturated carbocycles. The Morgan fingerprint density at radius 2 is 1.83 bits per heavy atom. The number of carbonyl (C=O) groups is 2. The summed E-state index contributed by atoms with van der Waals surface area (Å²) in [5.74, 6) is -0.517. The molecular weight excluding hydrogens is 320 g/mol. The summed E-state index contributed by atoms with van der Waals surface area (Å²) in [4.78, 5) is 28.1. The smallest absolute Gasteiger partial charge is 0.252 e. The van der Waals surface area contributed by atoms with E-state index in [1.54, 1.807) is 18.9 Å². The van der Waals surface area contributed by atoms with Gasteiger partial charge in [-0.3, -0.25) is 9.59 Å². The van der Waals surface area contributed by atoms with E-state index < -0.39 is 4.75 Å². The molecule has 0 aromatic heterocycles. The minimum atomic E-state index is -1.19. The molecule has 1 N–H and O–H groups in total. The van der Waals surface area contributed by atoms with E-state index in [9.17, 15) is 9.59 Å². The predicted octanol–water partition coefficient (Wildman–Crippen LogP) is 3.71. The highest BCUT2D eigenvalue weighted by Crippen LogP contribution is 2.45. The molecule has 0 radical (unpaired) electrons. The summed E-state index contributed by atoms with van der Waals surface area (Å²) in [5, 5.41) is 2.88. The molecule has 5 heteroatoms. The van der Waals surface area contributed by atoms with E-state index in [1.165, 1.54) is 17.3 Å². The molecule has 24 heavy (non-hydrogen) atoms. The van der Waals surface area contributed by atoms with Crippen molar-refractivity contribution in [3.8, 4) is 0 Å². The molecule has 1 heterocycles. The van der Waals surface area contributed by atoms with Crippen molar-refractivity contribution in [3.63, 3.8) is 0 Å². The van der Waals surface area contributed by atoms with Gasteiger partial charge in [0.2, 0.25) is 5.91 Å². The molecule has 1 aliphatic rings. The lowest BCUT2D eigenvalue weighted by Gasteiger charge is -2.36. The van der Waals surface area contributed by atoms with Crippen molar-refractivity contribution in [1.29, 1.82) is 0 Å². The quantitative estimate of drug-likeness (QED) is 0.867. The molecule has 3 rings (SSSR count). The lowest BCUT2D eigenvalue weighted by Crippen LogP contribution is -2.53. The third-order valence-corrected chi connectivity index (χ3v) is 5.64. The molecule has 1 atom stereocenters. The fourth-order valence-corrected chi connectivity index (χ4v) is 4.00. The number of amides is 2. The van der Waals surface area contributed by atoms with E-state index in [0.29, 0.717) is 5.69 Å². The molecular formula is C19H20N2O2S. The van der Waals surface area contributed by atoms with Crippen LogP contribution in [0.5, 0.6) is 0 Å². The van der Waals surface area contributed by atoms with Crippen LogP contribution in [0, 0.1) is 0 Å². The number of hydrogen-bond acceptors (Lipinski definition) is 3. The summed E-state index contributed by atoms with van der Waals surface area (Å²) in [6.07, 6.45) is 0.946. The zero-order valence-electron chi connectivity index (χ0n) is 14.0. The second-order valence-corrected chi connectivity index (χ2v) is 7.43. The number of anilines is 2. The Bertz CT molecular complexity index is 788. The summed E-state index contributed by atoms with van der Waals surface area (Å²) >= 11 is 1.30. The van der Waals surface area contributed by atoms with E-state index in [2.05, 4.69) is 12.2 Å². The summed E-state index contributed by atoms with van der Waals surface area (Å²) in [6.45, 7) is 3.77. The predicted molar refractivity (Wildman–Crippen MR) is 98.6 cm³/mol. The van der Waals surface area contributed by atoms with Crippen molar-refractivity contribution < 1.29 is 9.59 Å². The van der Waals surface area contributed by atoms with Gasteiger partial charge in [-0.1, -0.05) is 43.0 Å². The highest BCUT2D eigenvalue weighted by Gasteiger charge is 2.48. The van der Waals surface area contributed by atoms with Crippen molar-refractivity contribution in [2.75, 3.05) is 17.3 Å². The molecule has 1 aliphatic heterocycles. The summed E-state index contributed by atoms with van der Waals surface area (Å²) in [6, 6.07) is 15.3. The number of para-hydroxylation sites is 1. The van der Waals surface area contributed by atoms with Gasteiger partial charge in [0.1, 0.15) is 0 Å². The number of rotatable bonds is 3. The zero-order chi connectivity index (χ0) is 17.3. The Labute approximate surface area is 146 Å². The molecule has 0 bridgehead atoms. The first-order chi connectivity index (χ1) is 11.5. The van der Waals surface area contributed by atoms with Gasteiger partial charge in [-0.05, 0) is 43.2 Å². The van der Waals surface area contributed by atoms with E-state index in [1.807, 2.05) is 48.5 Å². The van der Waals surface area contributed by atoms with Crippen LogP contribution in [0.2, 0.25) is 0 Å². The molecule has 0 saturated heterocycles. The van der Waals surface area contributed by atoms with E-state index >= 15 is 0 Å². The Hall–Kier alpha value is -2.27. The Kier molecular flexibility index (Phi) is 4.37. The lowest BCUT2D eigenvalue weighted by atomic mass is 10.1. The van der Waals surface area contributed by atoms with Crippen molar-refractivity contribution in [1.82, 2.24) is 0 Å².